The normalized spacial score (nSPS) is 11.6. The van der Waals surface area contributed by atoms with Gasteiger partial charge in [0.25, 0.3) is 0 Å². The highest BCUT2D eigenvalue weighted by Crippen LogP contribution is 2.30. The zero-order chi connectivity index (χ0) is 13.6. The number of nitrogen functional groups attached to an aromatic ring is 1. The molecule has 0 atom stereocenters. The molecule has 0 unspecified atom stereocenters. The van der Waals surface area contributed by atoms with Gasteiger partial charge < -0.3 is 5.73 Å². The van der Waals surface area contributed by atoms with E-state index in [1.54, 1.807) is 11.3 Å². The summed E-state index contributed by atoms with van der Waals surface area (Å²) < 4.78 is 2.01. The predicted octanol–water partition coefficient (Wildman–Crippen LogP) is 4.08. The van der Waals surface area contributed by atoms with Crippen molar-refractivity contribution in [2.24, 2.45) is 0 Å². The van der Waals surface area contributed by atoms with Gasteiger partial charge in [0, 0.05) is 16.6 Å². The van der Waals surface area contributed by atoms with Gasteiger partial charge in [-0.1, -0.05) is 38.1 Å². The maximum absolute atomic E-state index is 6.22. The van der Waals surface area contributed by atoms with E-state index in [9.17, 15) is 0 Å². The van der Waals surface area contributed by atoms with Crippen LogP contribution in [0, 0.1) is 6.92 Å². The van der Waals surface area contributed by atoms with Crippen LogP contribution in [0.25, 0.3) is 16.2 Å². The van der Waals surface area contributed by atoms with Crippen LogP contribution in [0.1, 0.15) is 31.0 Å². The fraction of sp³-hybridized carbons (Fsp3) is 0.267. The lowest BCUT2D eigenvalue weighted by Crippen LogP contribution is -1.95. The molecule has 2 aromatic heterocycles. The smallest absolute Gasteiger partial charge is 0.196 e. The monoisotopic (exact) mass is 271 g/mol. The molecular weight excluding hydrogens is 254 g/mol. The minimum atomic E-state index is 0.541. The molecule has 98 valence electrons. The first-order chi connectivity index (χ1) is 9.08. The number of rotatable bonds is 2. The lowest BCUT2D eigenvalue weighted by atomic mass is 10.0. The first kappa shape index (κ1) is 12.2. The molecule has 3 rings (SSSR count). The number of anilines is 1. The van der Waals surface area contributed by atoms with Crippen molar-refractivity contribution >= 4 is 22.1 Å². The topological polar surface area (TPSA) is 43.3 Å². The van der Waals surface area contributed by atoms with Crippen LogP contribution in [0.3, 0.4) is 0 Å². The van der Waals surface area contributed by atoms with E-state index in [2.05, 4.69) is 48.5 Å². The lowest BCUT2D eigenvalue weighted by molar-refractivity contribution is 0.867. The minimum absolute atomic E-state index is 0.541. The number of nitrogens with zero attached hydrogens (tertiary/aromatic N) is 2. The Morgan fingerprint density at radius 3 is 2.47 bits per heavy atom. The summed E-state index contributed by atoms with van der Waals surface area (Å²) in [5, 5.41) is 2.07. The molecule has 4 heteroatoms. The first-order valence-corrected chi connectivity index (χ1v) is 7.28. The molecule has 3 nitrogen and oxygen atoms in total. The van der Waals surface area contributed by atoms with Gasteiger partial charge in [-0.15, -0.1) is 11.3 Å². The van der Waals surface area contributed by atoms with Crippen molar-refractivity contribution < 1.29 is 0 Å². The number of benzene rings is 1. The fourth-order valence-electron chi connectivity index (χ4n) is 2.26. The number of nitrogens with two attached hydrogens (primary N) is 1. The van der Waals surface area contributed by atoms with E-state index in [-0.39, 0.29) is 0 Å². The molecule has 2 N–H and O–H groups in total. The third-order valence-electron chi connectivity index (χ3n) is 3.42. The molecule has 0 aliphatic rings. The van der Waals surface area contributed by atoms with Crippen molar-refractivity contribution in [3.8, 4) is 11.3 Å². The van der Waals surface area contributed by atoms with Crippen LogP contribution < -0.4 is 5.73 Å². The largest absolute Gasteiger partial charge is 0.383 e. The third-order valence-corrected chi connectivity index (χ3v) is 4.36. The van der Waals surface area contributed by atoms with Crippen molar-refractivity contribution in [2.45, 2.75) is 26.7 Å². The number of hydrogen-bond donors (Lipinski definition) is 1. The summed E-state index contributed by atoms with van der Waals surface area (Å²) in [5.74, 6) is 1.27. The van der Waals surface area contributed by atoms with Gasteiger partial charge in [-0.05, 0) is 18.4 Å². The molecule has 0 aliphatic carbocycles. The Balaban J connectivity index is 2.11. The van der Waals surface area contributed by atoms with Crippen LogP contribution in [0.2, 0.25) is 0 Å². The Morgan fingerprint density at radius 1 is 1.21 bits per heavy atom. The number of thiazole rings is 1. The Labute approximate surface area is 116 Å². The molecule has 0 aliphatic heterocycles. The number of imidazole rings is 1. The second-order valence-corrected chi connectivity index (χ2v) is 5.95. The molecule has 0 fully saturated rings. The second kappa shape index (κ2) is 4.38. The van der Waals surface area contributed by atoms with Crippen LogP contribution in [0.4, 0.5) is 5.82 Å². The summed E-state index contributed by atoms with van der Waals surface area (Å²) in [6.45, 7) is 6.44. The highest BCUT2D eigenvalue weighted by molar-refractivity contribution is 7.15. The number of hydrogen-bond acceptors (Lipinski definition) is 3. The Morgan fingerprint density at radius 2 is 1.89 bits per heavy atom. The van der Waals surface area contributed by atoms with Crippen LogP contribution >= 0.6 is 11.3 Å². The van der Waals surface area contributed by atoms with Crippen LogP contribution in [-0.4, -0.2) is 9.38 Å². The van der Waals surface area contributed by atoms with E-state index in [1.165, 1.54) is 5.56 Å². The summed E-state index contributed by atoms with van der Waals surface area (Å²) in [4.78, 5) is 5.59. The van der Waals surface area contributed by atoms with Crippen molar-refractivity contribution in [3.63, 3.8) is 0 Å². The van der Waals surface area contributed by atoms with Crippen molar-refractivity contribution in [3.05, 3.63) is 40.9 Å². The standard InChI is InChI=1S/C15H17N3S/c1-9(2)11-4-6-12(7-5-11)13-14(16)18-10(3)8-19-15(18)17-13/h4-9H,16H2,1-3H3. The average molecular weight is 271 g/mol. The summed E-state index contributed by atoms with van der Waals surface area (Å²) in [7, 11) is 0. The van der Waals surface area contributed by atoms with Crippen LogP contribution in [0.15, 0.2) is 29.6 Å². The van der Waals surface area contributed by atoms with Crippen molar-refractivity contribution in [1.82, 2.24) is 9.38 Å². The third kappa shape index (κ3) is 1.92. The summed E-state index contributed by atoms with van der Waals surface area (Å²) >= 11 is 1.62. The lowest BCUT2D eigenvalue weighted by Gasteiger charge is -2.06. The maximum atomic E-state index is 6.22. The number of aryl methyl sites for hydroxylation is 1. The van der Waals surface area contributed by atoms with Crippen molar-refractivity contribution in [1.29, 1.82) is 0 Å². The Hall–Kier alpha value is -1.81. The molecular formula is C15H17N3S. The van der Waals surface area contributed by atoms with Crippen LogP contribution in [0.5, 0.6) is 0 Å². The molecule has 0 amide bonds. The average Bonchev–Trinajstić information content (AvgIpc) is 2.91. The molecule has 0 saturated heterocycles. The van der Waals surface area contributed by atoms with E-state index in [0.717, 1.165) is 27.7 Å². The zero-order valence-electron chi connectivity index (χ0n) is 11.3. The van der Waals surface area contributed by atoms with E-state index in [4.69, 9.17) is 5.73 Å². The summed E-state index contributed by atoms with van der Waals surface area (Å²) in [6, 6.07) is 8.51. The van der Waals surface area contributed by atoms with Gasteiger partial charge in [0.1, 0.15) is 11.5 Å². The molecule has 1 aromatic carbocycles. The summed E-state index contributed by atoms with van der Waals surface area (Å²) in [6.07, 6.45) is 0. The SMILES string of the molecule is Cc1csc2nc(-c3ccc(C(C)C)cc3)c(N)n12. The van der Waals surface area contributed by atoms with Crippen LogP contribution in [-0.2, 0) is 0 Å². The maximum Gasteiger partial charge on any atom is 0.196 e. The molecule has 0 radical (unpaired) electrons. The highest BCUT2D eigenvalue weighted by Gasteiger charge is 2.14. The van der Waals surface area contributed by atoms with Gasteiger partial charge in [0.15, 0.2) is 4.96 Å². The van der Waals surface area contributed by atoms with E-state index < -0.39 is 0 Å². The van der Waals surface area contributed by atoms with Gasteiger partial charge >= 0.3 is 0 Å². The molecule has 0 bridgehead atoms. The molecule has 3 aromatic rings. The number of fused-ring (bicyclic) bond motifs is 1. The zero-order valence-corrected chi connectivity index (χ0v) is 12.2. The van der Waals surface area contributed by atoms with Gasteiger partial charge in [0.05, 0.1) is 0 Å². The van der Waals surface area contributed by atoms with E-state index in [1.807, 2.05) is 11.3 Å². The van der Waals surface area contributed by atoms with Gasteiger partial charge in [-0.25, -0.2) is 4.98 Å². The van der Waals surface area contributed by atoms with Gasteiger partial charge in [-0.3, -0.25) is 4.40 Å². The Kier molecular flexibility index (Phi) is 2.82. The minimum Gasteiger partial charge on any atom is -0.383 e. The Bertz CT molecular complexity index is 720. The number of aromatic nitrogens is 2. The van der Waals surface area contributed by atoms with Gasteiger partial charge in [0.2, 0.25) is 0 Å². The van der Waals surface area contributed by atoms with E-state index in [0.29, 0.717) is 5.92 Å². The highest BCUT2D eigenvalue weighted by atomic mass is 32.1. The first-order valence-electron chi connectivity index (χ1n) is 6.40. The molecule has 19 heavy (non-hydrogen) atoms. The summed E-state index contributed by atoms with van der Waals surface area (Å²) in [5.41, 5.74) is 10.6. The second-order valence-electron chi connectivity index (χ2n) is 5.12. The van der Waals surface area contributed by atoms with Crippen molar-refractivity contribution in [2.75, 3.05) is 5.73 Å². The van der Waals surface area contributed by atoms with Gasteiger partial charge in [-0.2, -0.15) is 0 Å². The quantitative estimate of drug-likeness (QED) is 0.763. The predicted molar refractivity (Wildman–Crippen MR) is 81.7 cm³/mol. The molecule has 0 spiro atoms. The molecule has 2 heterocycles. The molecule has 0 saturated carbocycles. The fourth-order valence-corrected chi connectivity index (χ4v) is 3.13. The van der Waals surface area contributed by atoms with E-state index >= 15 is 0 Å².